The molecular formula is C17H27N3O. The molecule has 4 heteroatoms. The first-order valence-electron chi connectivity index (χ1n) is 7.84. The molecular weight excluding hydrogens is 262 g/mol. The van der Waals surface area contributed by atoms with E-state index in [1.807, 2.05) is 26.0 Å². The van der Waals surface area contributed by atoms with E-state index in [1.54, 1.807) is 0 Å². The highest BCUT2D eigenvalue weighted by Gasteiger charge is 2.17. The van der Waals surface area contributed by atoms with Crippen molar-refractivity contribution in [3.8, 4) is 5.75 Å². The van der Waals surface area contributed by atoms with Gasteiger partial charge in [0.2, 0.25) is 0 Å². The van der Waals surface area contributed by atoms with Crippen molar-refractivity contribution in [3.05, 3.63) is 24.0 Å². The lowest BCUT2D eigenvalue weighted by Crippen LogP contribution is -2.18. The SMILES string of the molecule is CCn1c(C(N)CC(C)C)nc2cc(OC(C)C)ccc21. The number of aryl methyl sites for hydroxylation is 1. The number of fused-ring (bicyclic) bond motifs is 1. The zero-order chi connectivity index (χ0) is 15.6. The fourth-order valence-electron chi connectivity index (χ4n) is 2.70. The molecule has 0 saturated carbocycles. The minimum absolute atomic E-state index is 0.0215. The van der Waals surface area contributed by atoms with Crippen LogP contribution in [0.3, 0.4) is 0 Å². The molecule has 0 fully saturated rings. The van der Waals surface area contributed by atoms with Crippen LogP contribution >= 0.6 is 0 Å². The lowest BCUT2D eigenvalue weighted by atomic mass is 10.0. The summed E-state index contributed by atoms with van der Waals surface area (Å²) in [5.74, 6) is 2.40. The van der Waals surface area contributed by atoms with E-state index in [4.69, 9.17) is 15.5 Å². The van der Waals surface area contributed by atoms with Crippen LogP contribution in [0.15, 0.2) is 18.2 Å². The van der Waals surface area contributed by atoms with Gasteiger partial charge < -0.3 is 15.0 Å². The fraction of sp³-hybridized carbons (Fsp3) is 0.588. The summed E-state index contributed by atoms with van der Waals surface area (Å²) in [6, 6.07) is 6.07. The summed E-state index contributed by atoms with van der Waals surface area (Å²) in [7, 11) is 0. The summed E-state index contributed by atoms with van der Waals surface area (Å²) >= 11 is 0. The second-order valence-corrected chi connectivity index (χ2v) is 6.27. The molecule has 1 heterocycles. The Hall–Kier alpha value is -1.55. The van der Waals surface area contributed by atoms with Crippen LogP contribution in [-0.4, -0.2) is 15.7 Å². The zero-order valence-corrected chi connectivity index (χ0v) is 13.8. The summed E-state index contributed by atoms with van der Waals surface area (Å²) in [5, 5.41) is 0. The van der Waals surface area contributed by atoms with Gasteiger partial charge in [-0.15, -0.1) is 0 Å². The maximum absolute atomic E-state index is 6.34. The van der Waals surface area contributed by atoms with Gasteiger partial charge in [-0.05, 0) is 45.2 Å². The van der Waals surface area contributed by atoms with Crippen molar-refractivity contribution in [1.82, 2.24) is 9.55 Å². The van der Waals surface area contributed by atoms with E-state index in [2.05, 4.69) is 31.4 Å². The molecule has 0 radical (unpaired) electrons. The van der Waals surface area contributed by atoms with E-state index in [9.17, 15) is 0 Å². The summed E-state index contributed by atoms with van der Waals surface area (Å²) in [4.78, 5) is 4.76. The Balaban J connectivity index is 2.42. The van der Waals surface area contributed by atoms with Gasteiger partial charge in [-0.3, -0.25) is 0 Å². The third kappa shape index (κ3) is 3.56. The van der Waals surface area contributed by atoms with Crippen molar-refractivity contribution in [2.45, 2.75) is 59.7 Å². The number of ether oxygens (including phenoxy) is 1. The zero-order valence-electron chi connectivity index (χ0n) is 13.8. The lowest BCUT2D eigenvalue weighted by molar-refractivity contribution is 0.242. The summed E-state index contributed by atoms with van der Waals surface area (Å²) < 4.78 is 7.96. The molecule has 0 bridgehead atoms. The number of hydrogen-bond acceptors (Lipinski definition) is 3. The number of benzene rings is 1. The molecule has 0 aliphatic rings. The minimum atomic E-state index is -0.0215. The van der Waals surface area contributed by atoms with E-state index < -0.39 is 0 Å². The molecule has 1 aromatic heterocycles. The van der Waals surface area contributed by atoms with Crippen molar-refractivity contribution in [2.75, 3.05) is 0 Å². The highest BCUT2D eigenvalue weighted by molar-refractivity contribution is 5.78. The molecule has 0 saturated heterocycles. The van der Waals surface area contributed by atoms with Crippen LogP contribution in [-0.2, 0) is 6.54 Å². The van der Waals surface area contributed by atoms with Crippen LogP contribution < -0.4 is 10.5 Å². The normalized spacial score (nSPS) is 13.3. The van der Waals surface area contributed by atoms with Crippen molar-refractivity contribution < 1.29 is 4.74 Å². The average Bonchev–Trinajstić information content (AvgIpc) is 2.74. The molecule has 0 spiro atoms. The third-order valence-electron chi connectivity index (χ3n) is 3.49. The number of rotatable bonds is 6. The van der Waals surface area contributed by atoms with Gasteiger partial charge >= 0.3 is 0 Å². The monoisotopic (exact) mass is 289 g/mol. The van der Waals surface area contributed by atoms with Gasteiger partial charge in [0.15, 0.2) is 0 Å². The van der Waals surface area contributed by atoms with Gasteiger partial charge in [-0.2, -0.15) is 0 Å². The van der Waals surface area contributed by atoms with Crippen molar-refractivity contribution in [2.24, 2.45) is 11.7 Å². The van der Waals surface area contributed by atoms with Gasteiger partial charge in [-0.1, -0.05) is 13.8 Å². The van der Waals surface area contributed by atoms with E-state index in [0.29, 0.717) is 5.92 Å². The molecule has 116 valence electrons. The number of imidazole rings is 1. The second kappa shape index (κ2) is 6.48. The third-order valence-corrected chi connectivity index (χ3v) is 3.49. The Morgan fingerprint density at radius 1 is 1.24 bits per heavy atom. The van der Waals surface area contributed by atoms with Crippen LogP contribution in [0.2, 0.25) is 0 Å². The van der Waals surface area contributed by atoms with Gasteiger partial charge in [0, 0.05) is 12.6 Å². The van der Waals surface area contributed by atoms with E-state index >= 15 is 0 Å². The molecule has 0 amide bonds. The Kier molecular flexibility index (Phi) is 4.88. The number of hydrogen-bond donors (Lipinski definition) is 1. The van der Waals surface area contributed by atoms with Gasteiger partial charge in [0.25, 0.3) is 0 Å². The second-order valence-electron chi connectivity index (χ2n) is 6.27. The summed E-state index contributed by atoms with van der Waals surface area (Å²) in [6.07, 6.45) is 1.11. The Labute approximate surface area is 127 Å². The molecule has 2 N–H and O–H groups in total. The first-order chi connectivity index (χ1) is 9.92. The van der Waals surface area contributed by atoms with E-state index in [-0.39, 0.29) is 12.1 Å². The molecule has 1 aromatic carbocycles. The quantitative estimate of drug-likeness (QED) is 0.877. The molecule has 2 rings (SSSR count). The molecule has 2 aromatic rings. The topological polar surface area (TPSA) is 53.1 Å². The fourth-order valence-corrected chi connectivity index (χ4v) is 2.70. The summed E-state index contributed by atoms with van der Waals surface area (Å²) in [5.41, 5.74) is 8.43. The number of aromatic nitrogens is 2. The van der Waals surface area contributed by atoms with Crippen LogP contribution in [0.5, 0.6) is 5.75 Å². The predicted molar refractivity (Wildman–Crippen MR) is 87.6 cm³/mol. The number of nitrogens with zero attached hydrogens (tertiary/aromatic N) is 2. The first kappa shape index (κ1) is 15.8. The highest BCUT2D eigenvalue weighted by atomic mass is 16.5. The predicted octanol–water partition coefficient (Wildman–Crippen LogP) is 3.89. The summed E-state index contributed by atoms with van der Waals surface area (Å²) in [6.45, 7) is 11.4. The smallest absolute Gasteiger partial charge is 0.126 e. The van der Waals surface area contributed by atoms with Gasteiger partial charge in [0.05, 0.1) is 23.2 Å². The van der Waals surface area contributed by atoms with E-state index in [1.165, 1.54) is 0 Å². The van der Waals surface area contributed by atoms with Crippen molar-refractivity contribution in [1.29, 1.82) is 0 Å². The molecule has 1 atom stereocenters. The molecule has 4 nitrogen and oxygen atoms in total. The average molecular weight is 289 g/mol. The van der Waals surface area contributed by atoms with E-state index in [0.717, 1.165) is 35.6 Å². The molecule has 0 aliphatic carbocycles. The van der Waals surface area contributed by atoms with Crippen LogP contribution in [0.4, 0.5) is 0 Å². The first-order valence-corrected chi connectivity index (χ1v) is 7.84. The molecule has 21 heavy (non-hydrogen) atoms. The maximum Gasteiger partial charge on any atom is 0.126 e. The molecule has 1 unspecified atom stereocenters. The Morgan fingerprint density at radius 3 is 2.52 bits per heavy atom. The lowest BCUT2D eigenvalue weighted by Gasteiger charge is -2.15. The number of nitrogens with two attached hydrogens (primary N) is 1. The molecule has 0 aliphatic heterocycles. The van der Waals surface area contributed by atoms with Crippen molar-refractivity contribution >= 4 is 11.0 Å². The largest absolute Gasteiger partial charge is 0.491 e. The van der Waals surface area contributed by atoms with Crippen LogP contribution in [0.25, 0.3) is 11.0 Å². The minimum Gasteiger partial charge on any atom is -0.491 e. The van der Waals surface area contributed by atoms with Crippen molar-refractivity contribution in [3.63, 3.8) is 0 Å². The van der Waals surface area contributed by atoms with Crippen LogP contribution in [0, 0.1) is 5.92 Å². The van der Waals surface area contributed by atoms with Gasteiger partial charge in [0.1, 0.15) is 11.6 Å². The highest BCUT2D eigenvalue weighted by Crippen LogP contribution is 2.26. The Bertz CT molecular complexity index is 601. The van der Waals surface area contributed by atoms with Crippen LogP contribution in [0.1, 0.15) is 52.9 Å². The standard InChI is InChI=1S/C17H27N3O/c1-6-20-16-8-7-13(21-12(4)5)10-15(16)19-17(20)14(18)9-11(2)3/h7-8,10-12,14H,6,9,18H2,1-5H3. The maximum atomic E-state index is 6.34. The Morgan fingerprint density at radius 2 is 1.95 bits per heavy atom. The van der Waals surface area contributed by atoms with Gasteiger partial charge in [-0.25, -0.2) is 4.98 Å².